The smallest absolute Gasteiger partial charge is 0.330 e. The lowest BCUT2D eigenvalue weighted by Gasteiger charge is -2.15. The number of esters is 1. The molecule has 0 aromatic heterocycles. The Labute approximate surface area is 71.5 Å². The van der Waals surface area contributed by atoms with Crippen LogP contribution in [0, 0.1) is 5.92 Å². The molecule has 4 nitrogen and oxygen atoms in total. The van der Waals surface area contributed by atoms with E-state index in [0.717, 1.165) is 6.08 Å². The van der Waals surface area contributed by atoms with Crippen LogP contribution in [0.3, 0.4) is 0 Å². The van der Waals surface area contributed by atoms with Crippen LogP contribution >= 0.6 is 0 Å². The molecule has 0 aliphatic heterocycles. The van der Waals surface area contributed by atoms with E-state index in [1.54, 1.807) is 6.92 Å². The largest absolute Gasteiger partial charge is 0.462 e. The summed E-state index contributed by atoms with van der Waals surface area (Å²) >= 11 is 0. The Kier molecular flexibility index (Phi) is 5.32. The highest BCUT2D eigenvalue weighted by Gasteiger charge is 2.15. The summed E-state index contributed by atoms with van der Waals surface area (Å²) in [5, 5.41) is 17.5. The molecule has 1 unspecified atom stereocenters. The van der Waals surface area contributed by atoms with Crippen molar-refractivity contribution in [2.24, 2.45) is 5.92 Å². The van der Waals surface area contributed by atoms with Crippen molar-refractivity contribution in [3.63, 3.8) is 0 Å². The van der Waals surface area contributed by atoms with Gasteiger partial charge in [-0.15, -0.1) is 0 Å². The summed E-state index contributed by atoms with van der Waals surface area (Å²) in [6.07, 6.45) is 0.145. The second-order valence-corrected chi connectivity index (χ2v) is 2.42. The standard InChI is InChI=1S/C8H14O4/c1-3-6(8(10)11)5-12-7(9)4-2/h4,6,8,10-11H,2-3,5H2,1H3. The number of hydrogen-bond acceptors (Lipinski definition) is 4. The lowest BCUT2D eigenvalue weighted by molar-refractivity contribution is -0.146. The molecule has 0 heterocycles. The summed E-state index contributed by atoms with van der Waals surface area (Å²) in [5.74, 6) is -0.969. The second kappa shape index (κ2) is 5.74. The summed E-state index contributed by atoms with van der Waals surface area (Å²) < 4.78 is 4.63. The van der Waals surface area contributed by atoms with Crippen molar-refractivity contribution in [3.05, 3.63) is 12.7 Å². The molecule has 70 valence electrons. The van der Waals surface area contributed by atoms with Gasteiger partial charge in [-0.05, 0) is 6.42 Å². The van der Waals surface area contributed by atoms with E-state index in [0.29, 0.717) is 6.42 Å². The van der Waals surface area contributed by atoms with Crippen molar-refractivity contribution in [1.29, 1.82) is 0 Å². The summed E-state index contributed by atoms with van der Waals surface area (Å²) in [6, 6.07) is 0. The summed E-state index contributed by atoms with van der Waals surface area (Å²) in [4.78, 5) is 10.6. The molecule has 0 amide bonds. The Morgan fingerprint density at radius 3 is 2.58 bits per heavy atom. The summed E-state index contributed by atoms with van der Waals surface area (Å²) in [5.41, 5.74) is 0. The minimum Gasteiger partial charge on any atom is -0.462 e. The topological polar surface area (TPSA) is 66.8 Å². The van der Waals surface area contributed by atoms with Crippen LogP contribution in [-0.2, 0) is 9.53 Å². The van der Waals surface area contributed by atoms with Crippen LogP contribution in [0.25, 0.3) is 0 Å². The van der Waals surface area contributed by atoms with Crippen molar-refractivity contribution < 1.29 is 19.7 Å². The third kappa shape index (κ3) is 4.10. The molecule has 1 atom stereocenters. The van der Waals surface area contributed by atoms with Crippen LogP contribution in [-0.4, -0.2) is 29.1 Å². The van der Waals surface area contributed by atoms with Crippen molar-refractivity contribution in [3.8, 4) is 0 Å². The van der Waals surface area contributed by atoms with E-state index in [9.17, 15) is 4.79 Å². The van der Waals surface area contributed by atoms with Crippen LogP contribution < -0.4 is 0 Å². The Hall–Kier alpha value is -0.870. The molecular formula is C8H14O4. The first kappa shape index (κ1) is 11.1. The Morgan fingerprint density at radius 1 is 1.67 bits per heavy atom. The first-order valence-electron chi connectivity index (χ1n) is 3.77. The Balaban J connectivity index is 3.72. The number of ether oxygens (including phenoxy) is 1. The van der Waals surface area contributed by atoms with Crippen molar-refractivity contribution in [1.82, 2.24) is 0 Å². The van der Waals surface area contributed by atoms with E-state index in [4.69, 9.17) is 10.2 Å². The fraction of sp³-hybridized carbons (Fsp3) is 0.625. The van der Waals surface area contributed by atoms with Gasteiger partial charge in [0.15, 0.2) is 6.29 Å². The molecule has 0 aliphatic carbocycles. The van der Waals surface area contributed by atoms with Gasteiger partial charge in [0, 0.05) is 12.0 Å². The molecule has 0 bridgehead atoms. The fourth-order valence-electron chi connectivity index (χ4n) is 0.663. The quantitative estimate of drug-likeness (QED) is 0.351. The van der Waals surface area contributed by atoms with Crippen LogP contribution in [0.2, 0.25) is 0 Å². The van der Waals surface area contributed by atoms with Crippen molar-refractivity contribution in [2.75, 3.05) is 6.61 Å². The van der Waals surface area contributed by atoms with E-state index < -0.39 is 18.2 Å². The molecule has 0 rings (SSSR count). The van der Waals surface area contributed by atoms with Crippen molar-refractivity contribution in [2.45, 2.75) is 19.6 Å². The molecular weight excluding hydrogens is 160 g/mol. The first-order valence-corrected chi connectivity index (χ1v) is 3.77. The van der Waals surface area contributed by atoms with Gasteiger partial charge in [-0.2, -0.15) is 0 Å². The average Bonchev–Trinajstić information content (AvgIpc) is 2.04. The molecule has 12 heavy (non-hydrogen) atoms. The maximum Gasteiger partial charge on any atom is 0.330 e. The third-order valence-corrected chi connectivity index (χ3v) is 1.55. The molecule has 0 radical (unpaired) electrons. The molecule has 0 spiro atoms. The van der Waals surface area contributed by atoms with Crippen LogP contribution in [0.4, 0.5) is 0 Å². The molecule has 0 aromatic rings. The molecule has 2 N–H and O–H groups in total. The van der Waals surface area contributed by atoms with E-state index in [-0.39, 0.29) is 6.61 Å². The normalized spacial score (nSPS) is 12.7. The molecule has 0 aromatic carbocycles. The zero-order valence-electron chi connectivity index (χ0n) is 7.06. The Bertz CT molecular complexity index is 153. The van der Waals surface area contributed by atoms with Crippen LogP contribution in [0.5, 0.6) is 0 Å². The number of carbonyl (C=O) groups is 1. The second-order valence-electron chi connectivity index (χ2n) is 2.42. The van der Waals surface area contributed by atoms with Crippen LogP contribution in [0.15, 0.2) is 12.7 Å². The van der Waals surface area contributed by atoms with E-state index >= 15 is 0 Å². The third-order valence-electron chi connectivity index (χ3n) is 1.55. The maximum absolute atomic E-state index is 10.6. The van der Waals surface area contributed by atoms with Gasteiger partial charge in [0.2, 0.25) is 0 Å². The van der Waals surface area contributed by atoms with Gasteiger partial charge in [-0.1, -0.05) is 13.5 Å². The van der Waals surface area contributed by atoms with Gasteiger partial charge in [0.25, 0.3) is 0 Å². The number of rotatable bonds is 5. The van der Waals surface area contributed by atoms with E-state index in [1.165, 1.54) is 0 Å². The molecule has 0 saturated heterocycles. The lowest BCUT2D eigenvalue weighted by atomic mass is 10.1. The number of carbonyl (C=O) groups excluding carboxylic acids is 1. The number of aliphatic hydroxyl groups excluding tert-OH is 1. The highest BCUT2D eigenvalue weighted by Crippen LogP contribution is 2.06. The van der Waals surface area contributed by atoms with Crippen molar-refractivity contribution >= 4 is 5.97 Å². The van der Waals surface area contributed by atoms with Gasteiger partial charge in [-0.25, -0.2) is 4.79 Å². The molecule has 4 heteroatoms. The minimum absolute atomic E-state index is 0.0129. The lowest BCUT2D eigenvalue weighted by Crippen LogP contribution is -2.24. The predicted octanol–water partition coefficient (Wildman–Crippen LogP) is 0.0525. The number of aliphatic hydroxyl groups is 2. The van der Waals surface area contributed by atoms with Gasteiger partial charge in [0.1, 0.15) is 0 Å². The van der Waals surface area contributed by atoms with Gasteiger partial charge >= 0.3 is 5.97 Å². The molecule has 0 aliphatic rings. The van der Waals surface area contributed by atoms with E-state index in [2.05, 4.69) is 11.3 Å². The average molecular weight is 174 g/mol. The van der Waals surface area contributed by atoms with Gasteiger partial charge in [-0.3, -0.25) is 0 Å². The highest BCUT2D eigenvalue weighted by molar-refractivity contribution is 5.81. The predicted molar refractivity (Wildman–Crippen MR) is 43.2 cm³/mol. The Morgan fingerprint density at radius 2 is 2.25 bits per heavy atom. The maximum atomic E-state index is 10.6. The zero-order chi connectivity index (χ0) is 9.56. The highest BCUT2D eigenvalue weighted by atomic mass is 16.5. The first-order chi connectivity index (χ1) is 5.61. The molecule has 0 saturated carbocycles. The van der Waals surface area contributed by atoms with E-state index in [1.807, 2.05) is 0 Å². The summed E-state index contributed by atoms with van der Waals surface area (Å²) in [7, 11) is 0. The van der Waals surface area contributed by atoms with Crippen LogP contribution in [0.1, 0.15) is 13.3 Å². The SMILES string of the molecule is C=CC(=O)OCC(CC)C(O)O. The minimum atomic E-state index is -1.44. The van der Waals surface area contributed by atoms with Gasteiger partial charge < -0.3 is 14.9 Å². The monoisotopic (exact) mass is 174 g/mol. The molecule has 0 fully saturated rings. The summed E-state index contributed by atoms with van der Waals surface area (Å²) in [6.45, 7) is 5.01. The fourth-order valence-corrected chi connectivity index (χ4v) is 0.663. The van der Waals surface area contributed by atoms with Gasteiger partial charge in [0.05, 0.1) is 6.61 Å². The zero-order valence-corrected chi connectivity index (χ0v) is 7.06. The number of hydrogen-bond donors (Lipinski definition) is 2.